The molecule has 0 radical (unpaired) electrons. The van der Waals surface area contributed by atoms with Crippen LogP contribution >= 0.6 is 0 Å². The molecule has 0 saturated carbocycles. The summed E-state index contributed by atoms with van der Waals surface area (Å²) in [5, 5.41) is 5.46. The number of carbonyl (C=O) groups is 2. The monoisotopic (exact) mass is 415 g/mol. The molecule has 0 unspecified atom stereocenters. The van der Waals surface area contributed by atoms with E-state index in [2.05, 4.69) is 10.6 Å². The van der Waals surface area contributed by atoms with E-state index in [-0.39, 0.29) is 16.7 Å². The molecule has 3 rings (SSSR count). The minimum Gasteiger partial charge on any atom is -0.326 e. The smallest absolute Gasteiger partial charge is 0.243 e. The van der Waals surface area contributed by atoms with E-state index >= 15 is 0 Å². The summed E-state index contributed by atoms with van der Waals surface area (Å²) in [5.74, 6) is -0.534. The molecule has 2 N–H and O–H groups in total. The number of sulfonamides is 1. The van der Waals surface area contributed by atoms with E-state index in [0.717, 1.165) is 18.4 Å². The Morgan fingerprint density at radius 2 is 1.52 bits per heavy atom. The van der Waals surface area contributed by atoms with Crippen molar-refractivity contribution in [1.82, 2.24) is 4.31 Å². The highest BCUT2D eigenvalue weighted by molar-refractivity contribution is 7.89. The summed E-state index contributed by atoms with van der Waals surface area (Å²) < 4.78 is 27.5. The minimum absolute atomic E-state index is 0.180. The number of carbonyl (C=O) groups excluding carboxylic acids is 2. The minimum atomic E-state index is -3.76. The van der Waals surface area contributed by atoms with Crippen LogP contribution in [0.2, 0.25) is 0 Å². The molecule has 0 bridgehead atoms. The number of anilines is 2. The van der Waals surface area contributed by atoms with E-state index in [1.54, 1.807) is 48.5 Å². The van der Waals surface area contributed by atoms with Crippen LogP contribution in [0.4, 0.5) is 11.4 Å². The third kappa shape index (κ3) is 5.02. The van der Waals surface area contributed by atoms with Crippen molar-refractivity contribution in [3.05, 3.63) is 54.1 Å². The molecule has 29 heavy (non-hydrogen) atoms. The van der Waals surface area contributed by atoms with Gasteiger partial charge in [0.15, 0.2) is 0 Å². The predicted molar refractivity (Wildman–Crippen MR) is 112 cm³/mol. The maximum Gasteiger partial charge on any atom is 0.243 e. The van der Waals surface area contributed by atoms with Gasteiger partial charge in [-0.1, -0.05) is 24.1 Å². The molecule has 1 atom stereocenters. The van der Waals surface area contributed by atoms with Gasteiger partial charge in [-0.15, -0.1) is 0 Å². The molecule has 1 heterocycles. The Kier molecular flexibility index (Phi) is 6.34. The number of nitrogens with one attached hydrogen (secondary N) is 2. The molecule has 1 saturated heterocycles. The van der Waals surface area contributed by atoms with Crippen LogP contribution in [0.3, 0.4) is 0 Å². The number of aryl methyl sites for hydroxylation is 1. The zero-order chi connectivity index (χ0) is 21.0. The Balaban J connectivity index is 1.77. The summed E-state index contributed by atoms with van der Waals surface area (Å²) in [7, 11) is -3.76. The van der Waals surface area contributed by atoms with Gasteiger partial charge in [0.1, 0.15) is 6.04 Å². The lowest BCUT2D eigenvalue weighted by Crippen LogP contribution is -2.49. The highest BCUT2D eigenvalue weighted by Crippen LogP contribution is 2.27. The average molecular weight is 416 g/mol. The maximum absolute atomic E-state index is 13.1. The van der Waals surface area contributed by atoms with Crippen LogP contribution in [0.5, 0.6) is 0 Å². The van der Waals surface area contributed by atoms with E-state index in [1.807, 2.05) is 6.92 Å². The second kappa shape index (κ2) is 8.75. The molecule has 1 fully saturated rings. The first-order valence-corrected chi connectivity index (χ1v) is 11.0. The van der Waals surface area contributed by atoms with Crippen LogP contribution in [-0.2, 0) is 19.6 Å². The predicted octanol–water partition coefficient (Wildman–Crippen LogP) is 3.14. The Morgan fingerprint density at radius 1 is 0.931 bits per heavy atom. The summed E-state index contributed by atoms with van der Waals surface area (Å²) in [5.41, 5.74) is 2.14. The van der Waals surface area contributed by atoms with Gasteiger partial charge < -0.3 is 10.6 Å². The van der Waals surface area contributed by atoms with Crippen LogP contribution in [-0.4, -0.2) is 37.1 Å². The Hall–Kier alpha value is -2.71. The summed E-state index contributed by atoms with van der Waals surface area (Å²) >= 11 is 0. The Labute approximate surface area is 171 Å². The van der Waals surface area contributed by atoms with Crippen LogP contribution in [0.25, 0.3) is 0 Å². The quantitative estimate of drug-likeness (QED) is 0.784. The van der Waals surface area contributed by atoms with Crippen LogP contribution in [0.15, 0.2) is 53.4 Å². The van der Waals surface area contributed by atoms with Gasteiger partial charge in [-0.2, -0.15) is 4.31 Å². The van der Waals surface area contributed by atoms with Crippen LogP contribution in [0.1, 0.15) is 31.7 Å². The van der Waals surface area contributed by atoms with Gasteiger partial charge in [0, 0.05) is 24.8 Å². The summed E-state index contributed by atoms with van der Waals surface area (Å²) in [6.45, 7) is 3.63. The zero-order valence-corrected chi connectivity index (χ0v) is 17.3. The fourth-order valence-corrected chi connectivity index (χ4v) is 5.02. The largest absolute Gasteiger partial charge is 0.326 e. The lowest BCUT2D eigenvalue weighted by atomic mass is 10.0. The molecule has 1 aliphatic rings. The highest BCUT2D eigenvalue weighted by Gasteiger charge is 2.37. The SMILES string of the molecule is CC(=O)Nc1ccc(NC(=O)[C@@H]2CCCCN2S(=O)(=O)c2ccc(C)cc2)cc1. The molecule has 1 aliphatic heterocycles. The number of piperidine rings is 1. The molecule has 0 aliphatic carbocycles. The van der Waals surface area contributed by atoms with E-state index in [4.69, 9.17) is 0 Å². The molecule has 0 aromatic heterocycles. The average Bonchev–Trinajstić information content (AvgIpc) is 2.69. The van der Waals surface area contributed by atoms with Gasteiger partial charge in [0.2, 0.25) is 21.8 Å². The molecule has 8 heteroatoms. The lowest BCUT2D eigenvalue weighted by Gasteiger charge is -2.33. The fourth-order valence-electron chi connectivity index (χ4n) is 3.37. The number of hydrogen-bond donors (Lipinski definition) is 2. The Morgan fingerprint density at radius 3 is 2.10 bits per heavy atom. The number of amides is 2. The van der Waals surface area contributed by atoms with Gasteiger partial charge in [-0.05, 0) is 56.2 Å². The number of benzene rings is 2. The van der Waals surface area contributed by atoms with Crippen molar-refractivity contribution in [2.45, 2.75) is 44.0 Å². The zero-order valence-electron chi connectivity index (χ0n) is 16.5. The molecule has 2 aromatic rings. The maximum atomic E-state index is 13.1. The molecule has 0 spiro atoms. The summed E-state index contributed by atoms with van der Waals surface area (Å²) in [6.07, 6.45) is 1.99. The third-order valence-corrected chi connectivity index (χ3v) is 6.78. The van der Waals surface area contributed by atoms with E-state index < -0.39 is 16.1 Å². The van der Waals surface area contributed by atoms with Crippen molar-refractivity contribution in [3.8, 4) is 0 Å². The van der Waals surface area contributed by atoms with Crippen molar-refractivity contribution in [3.63, 3.8) is 0 Å². The van der Waals surface area contributed by atoms with Gasteiger partial charge in [-0.3, -0.25) is 9.59 Å². The van der Waals surface area contributed by atoms with Crippen molar-refractivity contribution < 1.29 is 18.0 Å². The normalized spacial score (nSPS) is 17.5. The number of nitrogens with zero attached hydrogens (tertiary/aromatic N) is 1. The molecular weight excluding hydrogens is 390 g/mol. The van der Waals surface area contributed by atoms with Gasteiger partial charge in [-0.25, -0.2) is 8.42 Å². The van der Waals surface area contributed by atoms with Gasteiger partial charge in [0.25, 0.3) is 0 Å². The first-order valence-electron chi connectivity index (χ1n) is 9.54. The first kappa shape index (κ1) is 21.0. The topological polar surface area (TPSA) is 95.6 Å². The molecule has 154 valence electrons. The first-order chi connectivity index (χ1) is 13.8. The molecular formula is C21H25N3O4S. The standard InChI is InChI=1S/C21H25N3O4S/c1-15-6-12-19(13-7-15)29(27,28)24-14-4-3-5-20(24)21(26)23-18-10-8-17(9-11-18)22-16(2)25/h6-13,20H,3-5,14H2,1-2H3,(H,22,25)(H,23,26)/t20-/m0/s1. The highest BCUT2D eigenvalue weighted by atomic mass is 32.2. The lowest BCUT2D eigenvalue weighted by molar-refractivity contribution is -0.120. The molecule has 2 aromatic carbocycles. The molecule has 7 nitrogen and oxygen atoms in total. The number of rotatable bonds is 5. The van der Waals surface area contributed by atoms with E-state index in [9.17, 15) is 18.0 Å². The van der Waals surface area contributed by atoms with Crippen LogP contribution in [0, 0.1) is 6.92 Å². The Bertz CT molecular complexity index is 986. The third-order valence-electron chi connectivity index (χ3n) is 4.86. The second-order valence-electron chi connectivity index (χ2n) is 7.19. The van der Waals surface area contributed by atoms with Crippen LogP contribution < -0.4 is 10.6 Å². The van der Waals surface area contributed by atoms with Crippen molar-refractivity contribution in [2.75, 3.05) is 17.2 Å². The second-order valence-corrected chi connectivity index (χ2v) is 9.08. The summed E-state index contributed by atoms with van der Waals surface area (Å²) in [6, 6.07) is 12.6. The molecule has 2 amide bonds. The number of hydrogen-bond acceptors (Lipinski definition) is 4. The van der Waals surface area contributed by atoms with Crippen molar-refractivity contribution >= 4 is 33.2 Å². The van der Waals surface area contributed by atoms with Crippen molar-refractivity contribution in [1.29, 1.82) is 0 Å². The van der Waals surface area contributed by atoms with E-state index in [0.29, 0.717) is 24.3 Å². The van der Waals surface area contributed by atoms with Crippen molar-refractivity contribution in [2.24, 2.45) is 0 Å². The fraction of sp³-hybridized carbons (Fsp3) is 0.333. The van der Waals surface area contributed by atoms with Gasteiger partial charge in [0.05, 0.1) is 4.90 Å². The van der Waals surface area contributed by atoms with Gasteiger partial charge >= 0.3 is 0 Å². The van der Waals surface area contributed by atoms with E-state index in [1.165, 1.54) is 11.2 Å². The summed E-state index contributed by atoms with van der Waals surface area (Å²) in [4.78, 5) is 24.2.